The van der Waals surface area contributed by atoms with Crippen molar-refractivity contribution in [2.45, 2.75) is 27.2 Å². The van der Waals surface area contributed by atoms with Crippen LogP contribution in [0, 0.1) is 12.8 Å². The van der Waals surface area contributed by atoms with E-state index in [1.807, 2.05) is 25.1 Å². The summed E-state index contributed by atoms with van der Waals surface area (Å²) in [5, 5.41) is 0. The Kier molecular flexibility index (Phi) is 2.56. The summed E-state index contributed by atoms with van der Waals surface area (Å²) in [5.74, 6) is -0.266. The van der Waals surface area contributed by atoms with E-state index in [1.165, 1.54) is 5.57 Å². The first-order valence-electron chi connectivity index (χ1n) is 6.62. The highest BCUT2D eigenvalue weighted by Gasteiger charge is 2.35. The summed E-state index contributed by atoms with van der Waals surface area (Å²) in [6.07, 6.45) is 2.73. The summed E-state index contributed by atoms with van der Waals surface area (Å²) < 4.78 is 0. The third-order valence-electron chi connectivity index (χ3n) is 3.97. The van der Waals surface area contributed by atoms with Gasteiger partial charge in [-0.05, 0) is 36.5 Å². The lowest BCUT2D eigenvalue weighted by atomic mass is 9.84. The maximum atomic E-state index is 12.2. The summed E-state index contributed by atoms with van der Waals surface area (Å²) >= 11 is 0. The van der Waals surface area contributed by atoms with E-state index >= 15 is 0 Å². The van der Waals surface area contributed by atoms with E-state index in [9.17, 15) is 9.59 Å². The first-order chi connectivity index (χ1) is 8.99. The first-order valence-corrected chi connectivity index (χ1v) is 6.62. The Hall–Kier alpha value is -1.96. The molecule has 0 saturated heterocycles. The molecule has 0 atom stereocenters. The Balaban J connectivity index is 2.21. The molecule has 0 saturated carbocycles. The molecule has 2 aliphatic carbocycles. The van der Waals surface area contributed by atoms with Crippen molar-refractivity contribution in [1.29, 1.82) is 0 Å². The second-order valence-corrected chi connectivity index (χ2v) is 5.65. The van der Waals surface area contributed by atoms with Gasteiger partial charge in [0.25, 0.3) is 0 Å². The second kappa shape index (κ2) is 4.02. The number of carbonyl (C=O) groups excluding carboxylic acids is 2. The highest BCUT2D eigenvalue weighted by Crippen LogP contribution is 2.41. The van der Waals surface area contributed by atoms with Crippen LogP contribution in [0.1, 0.15) is 41.8 Å². The molecule has 0 N–H and O–H groups in total. The van der Waals surface area contributed by atoms with Gasteiger partial charge in [-0.25, -0.2) is 0 Å². The van der Waals surface area contributed by atoms with Gasteiger partial charge in [0, 0.05) is 11.1 Å². The highest BCUT2D eigenvalue weighted by molar-refractivity contribution is 6.53. The van der Waals surface area contributed by atoms with Crippen LogP contribution in [0.2, 0.25) is 0 Å². The van der Waals surface area contributed by atoms with E-state index in [0.717, 1.165) is 16.7 Å². The largest absolute Gasteiger partial charge is 0.285 e. The summed E-state index contributed by atoms with van der Waals surface area (Å²) in [4.78, 5) is 24.4. The van der Waals surface area contributed by atoms with E-state index in [-0.39, 0.29) is 11.6 Å². The van der Waals surface area contributed by atoms with Crippen LogP contribution in [0.5, 0.6) is 0 Å². The molecular weight excluding hydrogens is 236 g/mol. The van der Waals surface area contributed by atoms with E-state index in [2.05, 4.69) is 19.9 Å². The van der Waals surface area contributed by atoms with Crippen LogP contribution in [0.4, 0.5) is 0 Å². The van der Waals surface area contributed by atoms with Crippen LogP contribution in [0.15, 0.2) is 35.4 Å². The van der Waals surface area contributed by atoms with Crippen molar-refractivity contribution < 1.29 is 9.59 Å². The van der Waals surface area contributed by atoms with Gasteiger partial charge in [-0.15, -0.1) is 0 Å². The minimum absolute atomic E-state index is 0.319. The van der Waals surface area contributed by atoms with Crippen molar-refractivity contribution >= 4 is 17.1 Å². The monoisotopic (exact) mass is 252 g/mol. The maximum Gasteiger partial charge on any atom is 0.233 e. The number of Topliss-reactive ketones (excluding diaryl/α,β-unsaturated/α-hetero) is 2. The molecule has 19 heavy (non-hydrogen) atoms. The second-order valence-electron chi connectivity index (χ2n) is 5.65. The molecule has 0 radical (unpaired) electrons. The number of hydrogen-bond donors (Lipinski definition) is 0. The molecule has 0 aliphatic heterocycles. The average molecular weight is 252 g/mol. The Morgan fingerprint density at radius 1 is 1.05 bits per heavy atom. The number of ketones is 2. The molecule has 1 aromatic rings. The van der Waals surface area contributed by atoms with E-state index < -0.39 is 0 Å². The summed E-state index contributed by atoms with van der Waals surface area (Å²) in [5.41, 5.74) is 5.37. The minimum Gasteiger partial charge on any atom is -0.285 e. The Morgan fingerprint density at radius 3 is 2.47 bits per heavy atom. The van der Waals surface area contributed by atoms with Crippen molar-refractivity contribution in [2.24, 2.45) is 5.92 Å². The zero-order valence-corrected chi connectivity index (χ0v) is 11.4. The lowest BCUT2D eigenvalue weighted by Crippen LogP contribution is -2.22. The smallest absolute Gasteiger partial charge is 0.233 e. The molecule has 0 heterocycles. The van der Waals surface area contributed by atoms with Crippen molar-refractivity contribution in [1.82, 2.24) is 0 Å². The van der Waals surface area contributed by atoms with Crippen LogP contribution < -0.4 is 0 Å². The quantitative estimate of drug-likeness (QED) is 0.717. The first kappa shape index (κ1) is 12.1. The molecule has 0 aromatic heterocycles. The Bertz CT molecular complexity index is 673. The summed E-state index contributed by atoms with van der Waals surface area (Å²) in [6.45, 7) is 6.17. The molecule has 2 aliphatic rings. The summed E-state index contributed by atoms with van der Waals surface area (Å²) in [7, 11) is 0. The molecule has 2 nitrogen and oxygen atoms in total. The van der Waals surface area contributed by atoms with Gasteiger partial charge < -0.3 is 0 Å². The number of aryl methyl sites for hydroxylation is 1. The third-order valence-corrected chi connectivity index (χ3v) is 3.97. The van der Waals surface area contributed by atoms with Gasteiger partial charge in [0.05, 0.1) is 0 Å². The van der Waals surface area contributed by atoms with Gasteiger partial charge in [0.2, 0.25) is 11.6 Å². The predicted octanol–water partition coefficient (Wildman–Crippen LogP) is 3.50. The van der Waals surface area contributed by atoms with Gasteiger partial charge in [-0.1, -0.05) is 43.2 Å². The van der Waals surface area contributed by atoms with Crippen molar-refractivity contribution in [3.8, 4) is 0 Å². The number of carbonyl (C=O) groups is 2. The standard InChI is InChI=1S/C17H16O2/c1-9(2)11-7-13-12-5-4-10(3)6-14(12)16(18)17(19)15(13)8-11/h4-7,9H,8H2,1-3H3. The summed E-state index contributed by atoms with van der Waals surface area (Å²) in [6, 6.07) is 5.78. The Morgan fingerprint density at radius 2 is 1.79 bits per heavy atom. The molecule has 0 amide bonds. The van der Waals surface area contributed by atoms with Gasteiger partial charge in [-0.2, -0.15) is 0 Å². The average Bonchev–Trinajstić information content (AvgIpc) is 2.81. The maximum absolute atomic E-state index is 12.2. The molecule has 0 bridgehead atoms. The zero-order valence-electron chi connectivity index (χ0n) is 11.4. The van der Waals surface area contributed by atoms with Crippen molar-refractivity contribution in [3.05, 3.63) is 52.1 Å². The van der Waals surface area contributed by atoms with Gasteiger partial charge in [-0.3, -0.25) is 9.59 Å². The SMILES string of the molecule is Cc1ccc2c(c1)C(=O)C(=O)C1=C2C=C(C(C)C)C1. The Labute approximate surface area is 112 Å². The van der Waals surface area contributed by atoms with Gasteiger partial charge in [0.15, 0.2) is 0 Å². The number of fused-ring (bicyclic) bond motifs is 2. The number of rotatable bonds is 1. The molecule has 0 unspecified atom stereocenters. The van der Waals surface area contributed by atoms with Crippen LogP contribution in [0.25, 0.3) is 5.57 Å². The third kappa shape index (κ3) is 1.71. The number of benzene rings is 1. The molecule has 1 aromatic carbocycles. The van der Waals surface area contributed by atoms with Crippen LogP contribution in [-0.2, 0) is 4.79 Å². The van der Waals surface area contributed by atoms with E-state index in [1.54, 1.807) is 0 Å². The molecule has 2 heteroatoms. The zero-order chi connectivity index (χ0) is 13.7. The topological polar surface area (TPSA) is 34.1 Å². The number of hydrogen-bond acceptors (Lipinski definition) is 2. The molecule has 0 spiro atoms. The molecule has 96 valence electrons. The predicted molar refractivity (Wildman–Crippen MR) is 75.0 cm³/mol. The van der Waals surface area contributed by atoms with Crippen molar-refractivity contribution in [3.63, 3.8) is 0 Å². The van der Waals surface area contributed by atoms with Gasteiger partial charge in [0.1, 0.15) is 0 Å². The van der Waals surface area contributed by atoms with Gasteiger partial charge >= 0.3 is 0 Å². The molecule has 3 rings (SSSR count). The lowest BCUT2D eigenvalue weighted by Gasteiger charge is -2.16. The van der Waals surface area contributed by atoms with E-state index in [4.69, 9.17) is 0 Å². The highest BCUT2D eigenvalue weighted by atomic mass is 16.2. The fourth-order valence-electron chi connectivity index (χ4n) is 2.78. The van der Waals surface area contributed by atoms with Crippen LogP contribution >= 0.6 is 0 Å². The molecule has 0 fully saturated rings. The minimum atomic E-state index is -0.351. The number of allylic oxidation sites excluding steroid dienone is 4. The van der Waals surface area contributed by atoms with Crippen LogP contribution in [-0.4, -0.2) is 11.6 Å². The van der Waals surface area contributed by atoms with Crippen LogP contribution in [0.3, 0.4) is 0 Å². The normalized spacial score (nSPS) is 17.8. The molecular formula is C17H16O2. The van der Waals surface area contributed by atoms with E-state index in [0.29, 0.717) is 23.5 Å². The van der Waals surface area contributed by atoms with Crippen molar-refractivity contribution in [2.75, 3.05) is 0 Å². The fraction of sp³-hybridized carbons (Fsp3) is 0.294. The fourth-order valence-corrected chi connectivity index (χ4v) is 2.78. The lowest BCUT2D eigenvalue weighted by molar-refractivity contribution is -0.111.